The molecule has 0 radical (unpaired) electrons. The summed E-state index contributed by atoms with van der Waals surface area (Å²) in [5.41, 5.74) is 7.32. The molecule has 0 fully saturated rings. The Morgan fingerprint density at radius 1 is 0.950 bits per heavy atom. The van der Waals surface area contributed by atoms with Crippen LogP contribution in [0.2, 0.25) is 10.0 Å². The van der Waals surface area contributed by atoms with E-state index in [0.717, 1.165) is 11.6 Å². The molecule has 2 rings (SSSR count). The fourth-order valence-corrected chi connectivity index (χ4v) is 2.33. The number of halogens is 4. The topological polar surface area (TPSA) is 26.0 Å². The first-order valence-electron chi connectivity index (χ1n) is 6.09. The lowest BCUT2D eigenvalue weighted by Gasteiger charge is -2.13. The summed E-state index contributed by atoms with van der Waals surface area (Å²) < 4.78 is 26.3. The van der Waals surface area contributed by atoms with Crippen LogP contribution >= 0.6 is 23.2 Å². The van der Waals surface area contributed by atoms with Crippen molar-refractivity contribution in [3.05, 3.63) is 69.2 Å². The molecule has 1 nitrogen and oxygen atoms in total. The maximum absolute atomic E-state index is 13.5. The molecule has 0 spiro atoms. The summed E-state index contributed by atoms with van der Waals surface area (Å²) in [6.07, 6.45) is 0.861. The average molecular weight is 316 g/mol. The second-order valence-electron chi connectivity index (χ2n) is 4.65. The highest BCUT2D eigenvalue weighted by Crippen LogP contribution is 2.23. The van der Waals surface area contributed by atoms with Crippen molar-refractivity contribution < 1.29 is 8.78 Å². The van der Waals surface area contributed by atoms with Crippen molar-refractivity contribution >= 4 is 23.2 Å². The fraction of sp³-hybridized carbons (Fsp3) is 0.200. The van der Waals surface area contributed by atoms with E-state index in [0.29, 0.717) is 28.5 Å². The lowest BCUT2D eigenvalue weighted by molar-refractivity contribution is 0.558. The van der Waals surface area contributed by atoms with Crippen LogP contribution in [0.5, 0.6) is 0 Å². The SMILES string of the molecule is NC(Cc1ccc(Cl)c(Cl)c1)Cc1ccc(F)cc1F. The second kappa shape index (κ2) is 6.53. The maximum Gasteiger partial charge on any atom is 0.129 e. The van der Waals surface area contributed by atoms with Crippen LogP contribution < -0.4 is 5.73 Å². The van der Waals surface area contributed by atoms with Gasteiger partial charge in [0, 0.05) is 12.1 Å². The Balaban J connectivity index is 2.04. The first-order chi connectivity index (χ1) is 9.45. The van der Waals surface area contributed by atoms with E-state index in [1.807, 2.05) is 6.07 Å². The van der Waals surface area contributed by atoms with Crippen molar-refractivity contribution in [2.75, 3.05) is 0 Å². The second-order valence-corrected chi connectivity index (χ2v) is 5.47. The van der Waals surface area contributed by atoms with E-state index in [1.54, 1.807) is 12.1 Å². The average Bonchev–Trinajstić information content (AvgIpc) is 2.37. The normalized spacial score (nSPS) is 12.4. The number of rotatable bonds is 4. The van der Waals surface area contributed by atoms with Gasteiger partial charge in [-0.3, -0.25) is 0 Å². The molecule has 0 amide bonds. The van der Waals surface area contributed by atoms with Gasteiger partial charge in [-0.1, -0.05) is 35.3 Å². The first kappa shape index (κ1) is 15.2. The molecule has 0 bridgehead atoms. The van der Waals surface area contributed by atoms with Crippen LogP contribution in [0.3, 0.4) is 0 Å². The van der Waals surface area contributed by atoms with Gasteiger partial charge in [0.15, 0.2) is 0 Å². The highest BCUT2D eigenvalue weighted by molar-refractivity contribution is 6.42. The van der Waals surface area contributed by atoms with Crippen molar-refractivity contribution in [1.29, 1.82) is 0 Å². The highest BCUT2D eigenvalue weighted by atomic mass is 35.5. The molecule has 0 aliphatic heterocycles. The summed E-state index contributed by atoms with van der Waals surface area (Å²) in [6.45, 7) is 0. The van der Waals surface area contributed by atoms with E-state index in [9.17, 15) is 8.78 Å². The third-order valence-electron chi connectivity index (χ3n) is 2.98. The molecule has 5 heteroatoms. The van der Waals surface area contributed by atoms with Gasteiger partial charge >= 0.3 is 0 Å². The summed E-state index contributed by atoms with van der Waals surface area (Å²) >= 11 is 11.8. The monoisotopic (exact) mass is 315 g/mol. The summed E-state index contributed by atoms with van der Waals surface area (Å²) in [5.74, 6) is -1.17. The smallest absolute Gasteiger partial charge is 0.129 e. The van der Waals surface area contributed by atoms with Crippen LogP contribution in [-0.4, -0.2) is 6.04 Å². The number of hydrogen-bond acceptors (Lipinski definition) is 1. The van der Waals surface area contributed by atoms with Crippen LogP contribution in [-0.2, 0) is 12.8 Å². The minimum absolute atomic E-state index is 0.285. The summed E-state index contributed by atoms with van der Waals surface area (Å²) in [4.78, 5) is 0. The van der Waals surface area contributed by atoms with E-state index < -0.39 is 11.6 Å². The Labute approximate surface area is 126 Å². The minimum atomic E-state index is -0.593. The molecule has 0 aliphatic carbocycles. The van der Waals surface area contributed by atoms with Gasteiger partial charge in [0.05, 0.1) is 10.0 Å². The van der Waals surface area contributed by atoms with Gasteiger partial charge in [-0.15, -0.1) is 0 Å². The zero-order chi connectivity index (χ0) is 14.7. The van der Waals surface area contributed by atoms with Crippen LogP contribution in [0.1, 0.15) is 11.1 Å². The lowest BCUT2D eigenvalue weighted by Crippen LogP contribution is -2.26. The van der Waals surface area contributed by atoms with Crippen molar-refractivity contribution in [3.63, 3.8) is 0 Å². The number of nitrogens with two attached hydrogens (primary N) is 1. The van der Waals surface area contributed by atoms with E-state index in [2.05, 4.69) is 0 Å². The largest absolute Gasteiger partial charge is 0.327 e. The molecular weight excluding hydrogens is 303 g/mol. The van der Waals surface area contributed by atoms with E-state index in [1.165, 1.54) is 12.1 Å². The van der Waals surface area contributed by atoms with E-state index in [4.69, 9.17) is 28.9 Å². The Kier molecular flexibility index (Phi) is 4.97. The molecule has 0 aliphatic rings. The maximum atomic E-state index is 13.5. The molecule has 0 heterocycles. The van der Waals surface area contributed by atoms with Gasteiger partial charge in [0.1, 0.15) is 11.6 Å². The molecule has 2 N–H and O–H groups in total. The van der Waals surface area contributed by atoms with Crippen LogP contribution in [0.15, 0.2) is 36.4 Å². The molecule has 106 valence electrons. The quantitative estimate of drug-likeness (QED) is 0.890. The van der Waals surface area contributed by atoms with Crippen molar-refractivity contribution in [1.82, 2.24) is 0 Å². The number of hydrogen-bond donors (Lipinski definition) is 1. The third-order valence-corrected chi connectivity index (χ3v) is 3.72. The molecule has 0 aromatic heterocycles. The minimum Gasteiger partial charge on any atom is -0.327 e. The lowest BCUT2D eigenvalue weighted by atomic mass is 9.99. The van der Waals surface area contributed by atoms with Crippen LogP contribution in [0.25, 0.3) is 0 Å². The highest BCUT2D eigenvalue weighted by Gasteiger charge is 2.11. The predicted molar refractivity (Wildman–Crippen MR) is 78.2 cm³/mol. The van der Waals surface area contributed by atoms with Crippen molar-refractivity contribution in [2.24, 2.45) is 5.73 Å². The Bertz CT molecular complexity index is 617. The van der Waals surface area contributed by atoms with Crippen LogP contribution in [0, 0.1) is 11.6 Å². The van der Waals surface area contributed by atoms with Gasteiger partial charge in [-0.25, -0.2) is 8.78 Å². The van der Waals surface area contributed by atoms with Gasteiger partial charge in [0.25, 0.3) is 0 Å². The zero-order valence-electron chi connectivity index (χ0n) is 10.5. The Hall–Kier alpha value is -1.16. The molecule has 1 atom stereocenters. The Morgan fingerprint density at radius 2 is 1.70 bits per heavy atom. The molecule has 2 aromatic carbocycles. The van der Waals surface area contributed by atoms with E-state index in [-0.39, 0.29) is 6.04 Å². The molecule has 2 aromatic rings. The van der Waals surface area contributed by atoms with Crippen molar-refractivity contribution in [3.8, 4) is 0 Å². The van der Waals surface area contributed by atoms with Crippen LogP contribution in [0.4, 0.5) is 8.78 Å². The van der Waals surface area contributed by atoms with Gasteiger partial charge in [-0.2, -0.15) is 0 Å². The fourth-order valence-electron chi connectivity index (χ4n) is 2.01. The van der Waals surface area contributed by atoms with Gasteiger partial charge < -0.3 is 5.73 Å². The molecule has 0 saturated heterocycles. The molecule has 20 heavy (non-hydrogen) atoms. The van der Waals surface area contributed by atoms with E-state index >= 15 is 0 Å². The summed E-state index contributed by atoms with van der Waals surface area (Å²) in [7, 11) is 0. The van der Waals surface area contributed by atoms with Gasteiger partial charge in [0.2, 0.25) is 0 Å². The third kappa shape index (κ3) is 3.92. The van der Waals surface area contributed by atoms with Crippen molar-refractivity contribution in [2.45, 2.75) is 18.9 Å². The Morgan fingerprint density at radius 3 is 2.35 bits per heavy atom. The van der Waals surface area contributed by atoms with Gasteiger partial charge in [-0.05, 0) is 42.2 Å². The first-order valence-corrected chi connectivity index (χ1v) is 6.84. The molecule has 0 saturated carbocycles. The standard InChI is InChI=1S/C15H13Cl2F2N/c16-13-4-1-9(6-14(13)17)5-12(20)7-10-2-3-11(18)8-15(10)19/h1-4,6,8,12H,5,7,20H2. The summed E-state index contributed by atoms with van der Waals surface area (Å²) in [6, 6.07) is 8.49. The zero-order valence-corrected chi connectivity index (χ0v) is 12.1. The predicted octanol–water partition coefficient (Wildman–Crippen LogP) is 4.38. The molecular formula is C15H13Cl2F2N. The summed E-state index contributed by atoms with van der Waals surface area (Å²) in [5, 5.41) is 0.942. The molecule has 1 unspecified atom stereocenters. The number of benzene rings is 2.